The summed E-state index contributed by atoms with van der Waals surface area (Å²) in [6.07, 6.45) is 10.9. The first-order chi connectivity index (χ1) is 11.3. The molecule has 0 saturated heterocycles. The van der Waals surface area contributed by atoms with E-state index in [2.05, 4.69) is 30.1 Å². The van der Waals surface area contributed by atoms with Gasteiger partial charge in [-0.1, -0.05) is 44.1 Å². The van der Waals surface area contributed by atoms with Crippen LogP contribution in [0, 0.1) is 11.3 Å². The molecule has 1 heterocycles. The van der Waals surface area contributed by atoms with E-state index >= 15 is 0 Å². The highest BCUT2D eigenvalue weighted by atomic mass is 16.5. The summed E-state index contributed by atoms with van der Waals surface area (Å²) < 4.78 is 5.65. The molecule has 1 aromatic carbocycles. The van der Waals surface area contributed by atoms with E-state index in [1.165, 1.54) is 19.3 Å². The molecule has 0 bridgehead atoms. The number of ether oxygens (including phenoxy) is 1. The van der Waals surface area contributed by atoms with Gasteiger partial charge in [0.05, 0.1) is 23.5 Å². The highest BCUT2D eigenvalue weighted by molar-refractivity contribution is 5.60. The van der Waals surface area contributed by atoms with E-state index in [9.17, 15) is 0 Å². The van der Waals surface area contributed by atoms with Crippen LogP contribution in [-0.4, -0.2) is 11.6 Å². The van der Waals surface area contributed by atoms with Crippen molar-refractivity contribution in [3.8, 4) is 23.1 Å². The van der Waals surface area contributed by atoms with Gasteiger partial charge in [0.1, 0.15) is 12.4 Å². The third-order valence-electron chi connectivity index (χ3n) is 3.53. The lowest BCUT2D eigenvalue weighted by atomic mass is 10.1. The summed E-state index contributed by atoms with van der Waals surface area (Å²) in [5.41, 5.74) is 2.52. The van der Waals surface area contributed by atoms with Crippen LogP contribution < -0.4 is 4.74 Å². The van der Waals surface area contributed by atoms with E-state index in [0.717, 1.165) is 23.4 Å². The fourth-order valence-electron chi connectivity index (χ4n) is 2.19. The van der Waals surface area contributed by atoms with Crippen molar-refractivity contribution in [2.75, 3.05) is 6.61 Å². The van der Waals surface area contributed by atoms with E-state index in [0.29, 0.717) is 12.2 Å². The molecule has 0 aliphatic carbocycles. The van der Waals surface area contributed by atoms with Crippen LogP contribution in [0.25, 0.3) is 11.3 Å². The zero-order valence-electron chi connectivity index (χ0n) is 13.5. The molecular weight excluding hydrogens is 284 g/mol. The number of hydrogen-bond donors (Lipinski definition) is 0. The lowest BCUT2D eigenvalue weighted by Gasteiger charge is -2.05. The standard InChI is InChI=1S/C20H22N2O/c1-2-3-4-5-6-7-14-23-19-12-13-20(22-16-19)18-10-8-17(15-21)9-11-18/h6-13,16H,2-5,14H2,1H3/b7-6+. The third-order valence-corrected chi connectivity index (χ3v) is 3.53. The Labute approximate surface area is 138 Å². The average Bonchev–Trinajstić information content (AvgIpc) is 2.61. The van der Waals surface area contributed by atoms with Gasteiger partial charge in [-0.25, -0.2) is 0 Å². The first kappa shape index (κ1) is 16.8. The van der Waals surface area contributed by atoms with Crippen LogP contribution in [0.5, 0.6) is 5.75 Å². The minimum absolute atomic E-state index is 0.573. The normalized spacial score (nSPS) is 10.6. The van der Waals surface area contributed by atoms with Crippen molar-refractivity contribution < 1.29 is 4.74 Å². The fraction of sp³-hybridized carbons (Fsp3) is 0.300. The quantitative estimate of drug-likeness (QED) is 0.501. The number of unbranched alkanes of at least 4 members (excludes halogenated alkanes) is 3. The molecule has 3 nitrogen and oxygen atoms in total. The Morgan fingerprint density at radius 2 is 1.91 bits per heavy atom. The van der Waals surface area contributed by atoms with Gasteiger partial charge < -0.3 is 4.74 Å². The number of aromatic nitrogens is 1. The van der Waals surface area contributed by atoms with Crippen LogP contribution >= 0.6 is 0 Å². The van der Waals surface area contributed by atoms with Gasteiger partial charge >= 0.3 is 0 Å². The first-order valence-electron chi connectivity index (χ1n) is 8.08. The molecule has 0 saturated carbocycles. The van der Waals surface area contributed by atoms with Crippen molar-refractivity contribution in [3.63, 3.8) is 0 Å². The number of allylic oxidation sites excluding steroid dienone is 1. The largest absolute Gasteiger partial charge is 0.488 e. The van der Waals surface area contributed by atoms with E-state index < -0.39 is 0 Å². The van der Waals surface area contributed by atoms with Crippen LogP contribution in [0.2, 0.25) is 0 Å². The van der Waals surface area contributed by atoms with Gasteiger partial charge in [-0.3, -0.25) is 4.98 Å². The van der Waals surface area contributed by atoms with Crippen LogP contribution in [0.1, 0.15) is 38.2 Å². The predicted octanol–water partition coefficient (Wildman–Crippen LogP) is 5.14. The fourth-order valence-corrected chi connectivity index (χ4v) is 2.19. The minimum Gasteiger partial charge on any atom is -0.488 e. The topological polar surface area (TPSA) is 45.9 Å². The molecule has 1 aromatic heterocycles. The zero-order chi connectivity index (χ0) is 16.3. The predicted molar refractivity (Wildman–Crippen MR) is 93.2 cm³/mol. The molecule has 0 N–H and O–H groups in total. The van der Waals surface area contributed by atoms with Crippen LogP contribution in [0.4, 0.5) is 0 Å². The number of rotatable bonds is 8. The molecule has 3 heteroatoms. The molecule has 0 aliphatic rings. The van der Waals surface area contributed by atoms with Gasteiger partial charge in [0, 0.05) is 5.56 Å². The molecular formula is C20H22N2O. The third kappa shape index (κ3) is 5.60. The number of benzene rings is 1. The molecule has 0 aliphatic heterocycles. The van der Waals surface area contributed by atoms with E-state index in [1.807, 2.05) is 24.3 Å². The Morgan fingerprint density at radius 3 is 2.57 bits per heavy atom. The van der Waals surface area contributed by atoms with E-state index in [-0.39, 0.29) is 0 Å². The summed E-state index contributed by atoms with van der Waals surface area (Å²) in [6.45, 7) is 2.78. The zero-order valence-corrected chi connectivity index (χ0v) is 13.5. The SMILES string of the molecule is CCCCC/C=C/COc1ccc(-c2ccc(C#N)cc2)nc1. The maximum atomic E-state index is 8.81. The van der Waals surface area contributed by atoms with Crippen molar-refractivity contribution in [2.24, 2.45) is 0 Å². The summed E-state index contributed by atoms with van der Waals surface area (Å²) >= 11 is 0. The van der Waals surface area contributed by atoms with Crippen molar-refractivity contribution in [3.05, 3.63) is 60.3 Å². The summed E-state index contributed by atoms with van der Waals surface area (Å²) in [4.78, 5) is 4.41. The number of hydrogen-bond acceptors (Lipinski definition) is 3. The van der Waals surface area contributed by atoms with Gasteiger partial charge in [-0.05, 0) is 37.1 Å². The number of pyridine rings is 1. The average molecular weight is 306 g/mol. The summed E-state index contributed by atoms with van der Waals surface area (Å²) in [7, 11) is 0. The molecule has 2 rings (SSSR count). The Hall–Kier alpha value is -2.60. The smallest absolute Gasteiger partial charge is 0.138 e. The van der Waals surface area contributed by atoms with Crippen molar-refractivity contribution in [1.82, 2.24) is 4.98 Å². The van der Waals surface area contributed by atoms with Crippen molar-refractivity contribution in [1.29, 1.82) is 5.26 Å². The molecule has 0 unspecified atom stereocenters. The minimum atomic E-state index is 0.573. The van der Waals surface area contributed by atoms with E-state index in [1.54, 1.807) is 18.3 Å². The second-order valence-corrected chi connectivity index (χ2v) is 5.35. The molecule has 0 amide bonds. The summed E-state index contributed by atoms with van der Waals surface area (Å²) in [6, 6.07) is 13.4. The van der Waals surface area contributed by atoms with Crippen LogP contribution in [0.3, 0.4) is 0 Å². The van der Waals surface area contributed by atoms with Gasteiger partial charge in [0.2, 0.25) is 0 Å². The molecule has 23 heavy (non-hydrogen) atoms. The Kier molecular flexibility index (Phi) is 6.87. The van der Waals surface area contributed by atoms with Crippen LogP contribution in [0.15, 0.2) is 54.7 Å². The highest BCUT2D eigenvalue weighted by Crippen LogP contribution is 2.19. The molecule has 2 aromatic rings. The van der Waals surface area contributed by atoms with E-state index in [4.69, 9.17) is 10.00 Å². The maximum Gasteiger partial charge on any atom is 0.138 e. The highest BCUT2D eigenvalue weighted by Gasteiger charge is 2.00. The second kappa shape index (κ2) is 9.42. The molecule has 0 atom stereocenters. The van der Waals surface area contributed by atoms with Gasteiger partial charge in [-0.15, -0.1) is 0 Å². The summed E-state index contributed by atoms with van der Waals surface area (Å²) in [5, 5.41) is 8.81. The van der Waals surface area contributed by atoms with Gasteiger partial charge in [-0.2, -0.15) is 5.26 Å². The monoisotopic (exact) mass is 306 g/mol. The number of nitriles is 1. The number of nitrogens with zero attached hydrogens (tertiary/aromatic N) is 2. The molecule has 0 fully saturated rings. The van der Waals surface area contributed by atoms with Gasteiger partial charge in [0.25, 0.3) is 0 Å². The Bertz CT molecular complexity index is 652. The molecule has 0 spiro atoms. The Balaban J connectivity index is 1.83. The van der Waals surface area contributed by atoms with Gasteiger partial charge in [0.15, 0.2) is 0 Å². The van der Waals surface area contributed by atoms with Crippen LogP contribution in [-0.2, 0) is 0 Å². The first-order valence-corrected chi connectivity index (χ1v) is 8.08. The molecule has 118 valence electrons. The Morgan fingerprint density at radius 1 is 1.09 bits per heavy atom. The molecule has 0 radical (unpaired) electrons. The lowest BCUT2D eigenvalue weighted by molar-refractivity contribution is 0.361. The van der Waals surface area contributed by atoms with Crippen molar-refractivity contribution >= 4 is 0 Å². The maximum absolute atomic E-state index is 8.81. The van der Waals surface area contributed by atoms with Crippen molar-refractivity contribution in [2.45, 2.75) is 32.6 Å². The lowest BCUT2D eigenvalue weighted by Crippen LogP contribution is -1.94. The summed E-state index contributed by atoms with van der Waals surface area (Å²) in [5.74, 6) is 0.764. The second-order valence-electron chi connectivity index (χ2n) is 5.35.